The highest BCUT2D eigenvalue weighted by Gasteiger charge is 2.21. The normalized spacial score (nSPS) is 11.7. The predicted octanol–water partition coefficient (Wildman–Crippen LogP) is 10.2. The monoisotopic (exact) mass is 578 g/mol. The number of aryl methyl sites for hydroxylation is 1. The number of furan rings is 1. The summed E-state index contributed by atoms with van der Waals surface area (Å²) in [4.78, 5) is 14.8. The van der Waals surface area contributed by atoms with Gasteiger partial charge in [-0.15, -0.1) is 0 Å². The molecule has 0 amide bonds. The van der Waals surface area contributed by atoms with E-state index < -0.39 is 0 Å². The van der Waals surface area contributed by atoms with Crippen LogP contribution in [0.2, 0.25) is 0 Å². The van der Waals surface area contributed by atoms with Crippen LogP contribution in [0, 0.1) is 6.92 Å². The van der Waals surface area contributed by atoms with Crippen LogP contribution in [-0.2, 0) is 0 Å². The first-order chi connectivity index (χ1) is 22.2. The zero-order valence-electron chi connectivity index (χ0n) is 24.5. The third-order valence-corrected chi connectivity index (χ3v) is 8.53. The second-order valence-corrected chi connectivity index (χ2v) is 11.3. The average Bonchev–Trinajstić information content (AvgIpc) is 3.66. The van der Waals surface area contributed by atoms with Gasteiger partial charge in [-0.2, -0.15) is 0 Å². The SMILES string of the molecule is Cc1cc(-c2nc(-c3ccccc3)nc(-c3ccccc3)n2)cc2c1oc1c2ccc2c3ccccc3n(-c3ccccc3)c21. The van der Waals surface area contributed by atoms with Crippen LogP contribution in [0.3, 0.4) is 0 Å². The summed E-state index contributed by atoms with van der Waals surface area (Å²) in [6.45, 7) is 2.09. The van der Waals surface area contributed by atoms with Gasteiger partial charge in [0.25, 0.3) is 0 Å². The maximum absolute atomic E-state index is 6.79. The lowest BCUT2D eigenvalue weighted by Crippen LogP contribution is -2.00. The predicted molar refractivity (Wildman–Crippen MR) is 182 cm³/mol. The number of para-hydroxylation sites is 2. The Morgan fingerprint density at radius 3 is 1.69 bits per heavy atom. The van der Waals surface area contributed by atoms with Crippen molar-refractivity contribution >= 4 is 43.7 Å². The van der Waals surface area contributed by atoms with Crippen LogP contribution in [0.5, 0.6) is 0 Å². The highest BCUT2D eigenvalue weighted by molar-refractivity contribution is 6.22. The van der Waals surface area contributed by atoms with Gasteiger partial charge in [-0.25, -0.2) is 15.0 Å². The highest BCUT2D eigenvalue weighted by Crippen LogP contribution is 2.42. The number of rotatable bonds is 4. The number of aromatic nitrogens is 4. The van der Waals surface area contributed by atoms with E-state index in [0.29, 0.717) is 17.5 Å². The molecular weight excluding hydrogens is 552 g/mol. The first-order valence-corrected chi connectivity index (χ1v) is 15.0. The summed E-state index contributed by atoms with van der Waals surface area (Å²) in [7, 11) is 0. The Labute approximate surface area is 259 Å². The maximum Gasteiger partial charge on any atom is 0.164 e. The molecule has 212 valence electrons. The molecule has 3 aromatic heterocycles. The molecule has 0 aliphatic heterocycles. The minimum Gasteiger partial charge on any atom is -0.454 e. The summed E-state index contributed by atoms with van der Waals surface area (Å²) in [6.07, 6.45) is 0. The van der Waals surface area contributed by atoms with Crippen LogP contribution in [0.25, 0.3) is 83.6 Å². The molecule has 0 bridgehead atoms. The molecule has 9 rings (SSSR count). The summed E-state index contributed by atoms with van der Waals surface area (Å²) in [5.74, 6) is 1.91. The molecule has 0 aliphatic carbocycles. The fourth-order valence-corrected chi connectivity index (χ4v) is 6.47. The smallest absolute Gasteiger partial charge is 0.164 e. The molecule has 0 spiro atoms. The summed E-state index contributed by atoms with van der Waals surface area (Å²) in [5.41, 5.74) is 8.88. The number of nitrogens with zero attached hydrogens (tertiary/aromatic N) is 4. The Morgan fingerprint density at radius 2 is 1.02 bits per heavy atom. The largest absolute Gasteiger partial charge is 0.454 e. The second kappa shape index (κ2) is 10.00. The molecule has 0 fully saturated rings. The van der Waals surface area contributed by atoms with E-state index in [1.807, 2.05) is 66.7 Å². The Bertz CT molecular complexity index is 2470. The summed E-state index contributed by atoms with van der Waals surface area (Å²) >= 11 is 0. The van der Waals surface area contributed by atoms with Crippen molar-refractivity contribution in [3.05, 3.63) is 145 Å². The molecule has 6 aromatic carbocycles. The van der Waals surface area contributed by atoms with Crippen LogP contribution < -0.4 is 0 Å². The third-order valence-electron chi connectivity index (χ3n) is 8.53. The van der Waals surface area contributed by atoms with Crippen molar-refractivity contribution in [3.63, 3.8) is 0 Å². The standard InChI is InChI=1S/C40H26N4O/c1-25-23-28(40-42-38(26-13-5-2-6-14-26)41-39(43-40)27-15-7-3-8-16-27)24-33-32-22-21-31-30-19-11-12-20-34(30)44(29-17-9-4-10-18-29)35(31)37(32)45-36(25)33/h2-24H,1H3. The summed E-state index contributed by atoms with van der Waals surface area (Å²) < 4.78 is 9.11. The fraction of sp³-hybridized carbons (Fsp3) is 0.0250. The number of fused-ring (bicyclic) bond motifs is 7. The molecular formula is C40H26N4O. The van der Waals surface area contributed by atoms with Crippen molar-refractivity contribution in [3.8, 4) is 39.9 Å². The lowest BCUT2D eigenvalue weighted by molar-refractivity contribution is 0.668. The first kappa shape index (κ1) is 25.4. The van der Waals surface area contributed by atoms with Crippen molar-refractivity contribution in [2.45, 2.75) is 6.92 Å². The molecule has 0 atom stereocenters. The molecule has 0 aliphatic rings. The van der Waals surface area contributed by atoms with Gasteiger partial charge in [0.05, 0.1) is 11.0 Å². The zero-order chi connectivity index (χ0) is 29.9. The Hall–Kier alpha value is -6.07. The van der Waals surface area contributed by atoms with E-state index in [-0.39, 0.29) is 0 Å². The summed E-state index contributed by atoms with van der Waals surface area (Å²) in [6, 6.07) is 47.9. The molecule has 0 radical (unpaired) electrons. The van der Waals surface area contributed by atoms with Crippen LogP contribution in [0.4, 0.5) is 0 Å². The molecule has 0 saturated carbocycles. The average molecular weight is 579 g/mol. The molecule has 0 unspecified atom stereocenters. The van der Waals surface area contributed by atoms with Gasteiger partial charge < -0.3 is 8.98 Å². The van der Waals surface area contributed by atoms with Crippen molar-refractivity contribution in [1.29, 1.82) is 0 Å². The molecule has 9 aromatic rings. The lowest BCUT2D eigenvalue weighted by atomic mass is 10.0. The minimum atomic E-state index is 0.626. The zero-order valence-corrected chi connectivity index (χ0v) is 24.5. The first-order valence-electron chi connectivity index (χ1n) is 15.0. The number of hydrogen-bond acceptors (Lipinski definition) is 4. The minimum absolute atomic E-state index is 0.626. The molecule has 3 heterocycles. The topological polar surface area (TPSA) is 56.7 Å². The Balaban J connectivity index is 1.31. The quantitative estimate of drug-likeness (QED) is 0.208. The van der Waals surface area contributed by atoms with E-state index in [4.69, 9.17) is 19.4 Å². The lowest BCUT2D eigenvalue weighted by Gasteiger charge is -2.09. The molecule has 5 nitrogen and oxygen atoms in total. The van der Waals surface area contributed by atoms with Gasteiger partial charge in [0.15, 0.2) is 23.1 Å². The van der Waals surface area contributed by atoms with Crippen LogP contribution in [0.1, 0.15) is 5.56 Å². The Kier molecular flexibility index (Phi) is 5.65. The van der Waals surface area contributed by atoms with E-state index in [2.05, 4.69) is 84.3 Å². The molecule has 45 heavy (non-hydrogen) atoms. The van der Waals surface area contributed by atoms with Crippen LogP contribution in [0.15, 0.2) is 144 Å². The van der Waals surface area contributed by atoms with Crippen molar-refractivity contribution in [2.24, 2.45) is 0 Å². The Morgan fingerprint density at radius 1 is 0.467 bits per heavy atom. The van der Waals surface area contributed by atoms with Gasteiger partial charge >= 0.3 is 0 Å². The van der Waals surface area contributed by atoms with Crippen molar-refractivity contribution in [1.82, 2.24) is 19.5 Å². The van der Waals surface area contributed by atoms with E-state index in [1.54, 1.807) is 0 Å². The maximum atomic E-state index is 6.79. The van der Waals surface area contributed by atoms with Gasteiger partial charge in [0, 0.05) is 43.9 Å². The van der Waals surface area contributed by atoms with Crippen molar-refractivity contribution in [2.75, 3.05) is 0 Å². The van der Waals surface area contributed by atoms with Crippen molar-refractivity contribution < 1.29 is 4.42 Å². The van der Waals surface area contributed by atoms with Gasteiger partial charge in [-0.3, -0.25) is 0 Å². The fourth-order valence-electron chi connectivity index (χ4n) is 6.47. The van der Waals surface area contributed by atoms with E-state index in [0.717, 1.165) is 66.3 Å². The van der Waals surface area contributed by atoms with E-state index in [1.165, 1.54) is 5.39 Å². The second-order valence-electron chi connectivity index (χ2n) is 11.3. The van der Waals surface area contributed by atoms with E-state index >= 15 is 0 Å². The van der Waals surface area contributed by atoms with Gasteiger partial charge in [0.1, 0.15) is 5.58 Å². The third kappa shape index (κ3) is 4.05. The van der Waals surface area contributed by atoms with Gasteiger partial charge in [-0.05, 0) is 48.9 Å². The number of benzene rings is 6. The van der Waals surface area contributed by atoms with E-state index in [9.17, 15) is 0 Å². The number of hydrogen-bond donors (Lipinski definition) is 0. The molecule has 5 heteroatoms. The van der Waals surface area contributed by atoms with Gasteiger partial charge in [0.2, 0.25) is 0 Å². The highest BCUT2D eigenvalue weighted by atomic mass is 16.3. The van der Waals surface area contributed by atoms with Crippen LogP contribution >= 0.6 is 0 Å². The molecule has 0 saturated heterocycles. The summed E-state index contributed by atoms with van der Waals surface area (Å²) in [5, 5.41) is 4.46. The van der Waals surface area contributed by atoms with Gasteiger partial charge in [-0.1, -0.05) is 103 Å². The molecule has 0 N–H and O–H groups in total. The van der Waals surface area contributed by atoms with Crippen LogP contribution in [-0.4, -0.2) is 19.5 Å².